The van der Waals surface area contributed by atoms with E-state index in [2.05, 4.69) is 24.3 Å². The summed E-state index contributed by atoms with van der Waals surface area (Å²) in [7, 11) is 1.93. The SMILES string of the molecule is CC(C)c1nn(C)c2sc(C(=O)NC3CCC(CO)CC3)cc12. The summed E-state index contributed by atoms with van der Waals surface area (Å²) in [4.78, 5) is 14.4. The van der Waals surface area contributed by atoms with E-state index in [4.69, 9.17) is 0 Å². The van der Waals surface area contributed by atoms with Gasteiger partial charge in [-0.25, -0.2) is 0 Å². The second-order valence-corrected chi connectivity index (χ2v) is 7.90. The molecule has 3 rings (SSSR count). The van der Waals surface area contributed by atoms with Crippen molar-refractivity contribution in [3.8, 4) is 0 Å². The van der Waals surface area contributed by atoms with Crippen LogP contribution in [0.3, 0.4) is 0 Å². The Morgan fingerprint density at radius 3 is 2.74 bits per heavy atom. The topological polar surface area (TPSA) is 67.2 Å². The fourth-order valence-corrected chi connectivity index (χ4v) is 4.33. The lowest BCUT2D eigenvalue weighted by molar-refractivity contribution is 0.0918. The van der Waals surface area contributed by atoms with Gasteiger partial charge in [0.25, 0.3) is 5.91 Å². The van der Waals surface area contributed by atoms with Crippen molar-refractivity contribution in [3.63, 3.8) is 0 Å². The number of rotatable bonds is 4. The number of thiophene rings is 1. The number of amides is 1. The molecule has 0 aliphatic heterocycles. The predicted octanol–water partition coefficient (Wildman–Crippen LogP) is 3.04. The molecule has 6 heteroatoms. The van der Waals surface area contributed by atoms with Crippen LogP contribution >= 0.6 is 11.3 Å². The number of hydrogen-bond acceptors (Lipinski definition) is 4. The molecule has 2 N–H and O–H groups in total. The van der Waals surface area contributed by atoms with Crippen molar-refractivity contribution < 1.29 is 9.90 Å². The molecule has 1 aliphatic rings. The maximum Gasteiger partial charge on any atom is 0.261 e. The number of fused-ring (bicyclic) bond motifs is 1. The van der Waals surface area contributed by atoms with Crippen LogP contribution in [-0.2, 0) is 7.05 Å². The number of hydrogen-bond donors (Lipinski definition) is 2. The van der Waals surface area contributed by atoms with Crippen LogP contribution in [-0.4, -0.2) is 33.4 Å². The van der Waals surface area contributed by atoms with Crippen LogP contribution in [0, 0.1) is 5.92 Å². The summed E-state index contributed by atoms with van der Waals surface area (Å²) in [5, 5.41) is 18.0. The zero-order chi connectivity index (χ0) is 16.6. The van der Waals surface area contributed by atoms with Gasteiger partial charge in [0, 0.05) is 25.1 Å². The van der Waals surface area contributed by atoms with Crippen molar-refractivity contribution in [2.75, 3.05) is 6.61 Å². The number of carbonyl (C=O) groups excluding carboxylic acids is 1. The van der Waals surface area contributed by atoms with Crippen LogP contribution in [0.25, 0.3) is 10.2 Å². The highest BCUT2D eigenvalue weighted by atomic mass is 32.1. The Bertz CT molecular complexity index is 696. The van der Waals surface area contributed by atoms with Gasteiger partial charge in [-0.15, -0.1) is 11.3 Å². The lowest BCUT2D eigenvalue weighted by atomic mass is 9.86. The smallest absolute Gasteiger partial charge is 0.261 e. The van der Waals surface area contributed by atoms with Crippen molar-refractivity contribution in [1.82, 2.24) is 15.1 Å². The van der Waals surface area contributed by atoms with Crippen LogP contribution in [0.1, 0.15) is 60.8 Å². The van der Waals surface area contributed by atoms with E-state index in [1.54, 1.807) is 0 Å². The highest BCUT2D eigenvalue weighted by Crippen LogP contribution is 2.32. The molecule has 23 heavy (non-hydrogen) atoms. The summed E-state index contributed by atoms with van der Waals surface area (Å²) >= 11 is 1.51. The molecule has 1 amide bonds. The predicted molar refractivity (Wildman–Crippen MR) is 93.0 cm³/mol. The van der Waals surface area contributed by atoms with E-state index in [9.17, 15) is 9.90 Å². The van der Waals surface area contributed by atoms with Gasteiger partial charge in [-0.1, -0.05) is 13.8 Å². The first-order chi connectivity index (χ1) is 11.0. The Balaban J connectivity index is 1.73. The first kappa shape index (κ1) is 16.5. The molecule has 126 valence electrons. The molecule has 0 unspecified atom stereocenters. The molecule has 0 bridgehead atoms. The van der Waals surface area contributed by atoms with Crippen molar-refractivity contribution in [2.45, 2.75) is 51.5 Å². The van der Waals surface area contributed by atoms with E-state index < -0.39 is 0 Å². The van der Waals surface area contributed by atoms with E-state index in [0.717, 1.165) is 46.5 Å². The Morgan fingerprint density at radius 1 is 1.43 bits per heavy atom. The van der Waals surface area contributed by atoms with Gasteiger partial charge in [-0.3, -0.25) is 9.48 Å². The Morgan fingerprint density at radius 2 is 2.13 bits per heavy atom. The summed E-state index contributed by atoms with van der Waals surface area (Å²) in [6, 6.07) is 2.22. The summed E-state index contributed by atoms with van der Waals surface area (Å²) in [5.41, 5.74) is 1.06. The average Bonchev–Trinajstić information content (AvgIpc) is 3.09. The minimum Gasteiger partial charge on any atom is -0.396 e. The molecule has 0 spiro atoms. The number of aryl methyl sites for hydroxylation is 1. The van der Waals surface area contributed by atoms with E-state index in [1.165, 1.54) is 11.3 Å². The van der Waals surface area contributed by atoms with Gasteiger partial charge < -0.3 is 10.4 Å². The van der Waals surface area contributed by atoms with E-state index in [0.29, 0.717) is 11.8 Å². The van der Waals surface area contributed by atoms with Crippen LogP contribution in [0.4, 0.5) is 0 Å². The molecule has 0 atom stereocenters. The second kappa shape index (κ2) is 6.61. The van der Waals surface area contributed by atoms with Gasteiger partial charge in [0.05, 0.1) is 10.6 Å². The van der Waals surface area contributed by atoms with Crippen LogP contribution in [0.5, 0.6) is 0 Å². The summed E-state index contributed by atoms with van der Waals surface area (Å²) in [6.07, 6.45) is 3.91. The number of nitrogens with zero attached hydrogens (tertiary/aromatic N) is 2. The molecular formula is C17H25N3O2S. The lowest BCUT2D eigenvalue weighted by Gasteiger charge is -2.27. The molecule has 2 heterocycles. The summed E-state index contributed by atoms with van der Waals surface area (Å²) < 4.78 is 1.87. The number of aliphatic hydroxyl groups is 1. The van der Waals surface area contributed by atoms with Crippen LogP contribution < -0.4 is 5.32 Å². The maximum atomic E-state index is 12.5. The highest BCUT2D eigenvalue weighted by molar-refractivity contribution is 7.20. The molecule has 2 aromatic rings. The molecule has 0 radical (unpaired) electrons. The molecule has 1 aliphatic carbocycles. The fraction of sp³-hybridized carbons (Fsp3) is 0.647. The zero-order valence-corrected chi connectivity index (χ0v) is 14.8. The quantitative estimate of drug-likeness (QED) is 0.902. The van der Waals surface area contributed by atoms with Gasteiger partial charge in [0.1, 0.15) is 4.83 Å². The Hall–Kier alpha value is -1.40. The first-order valence-corrected chi connectivity index (χ1v) is 9.19. The van der Waals surface area contributed by atoms with Gasteiger partial charge >= 0.3 is 0 Å². The maximum absolute atomic E-state index is 12.5. The van der Waals surface area contributed by atoms with Crippen LogP contribution in [0.15, 0.2) is 6.07 Å². The zero-order valence-electron chi connectivity index (χ0n) is 14.0. The molecule has 1 saturated carbocycles. The molecular weight excluding hydrogens is 310 g/mol. The van der Waals surface area contributed by atoms with Crippen molar-refractivity contribution in [1.29, 1.82) is 0 Å². The first-order valence-electron chi connectivity index (χ1n) is 8.37. The largest absolute Gasteiger partial charge is 0.396 e. The molecule has 1 fully saturated rings. The lowest BCUT2D eigenvalue weighted by Crippen LogP contribution is -2.37. The summed E-state index contributed by atoms with van der Waals surface area (Å²) in [5.74, 6) is 0.776. The standard InChI is InChI=1S/C17H25N3O2S/c1-10(2)15-13-8-14(23-17(13)20(3)19-15)16(22)18-12-6-4-11(9-21)5-7-12/h8,10-12,21H,4-7,9H2,1-3H3,(H,18,22). The van der Waals surface area contributed by atoms with E-state index >= 15 is 0 Å². The minimum atomic E-state index is 0.0216. The molecule has 5 nitrogen and oxygen atoms in total. The third-order valence-corrected chi connectivity index (χ3v) is 5.95. The third kappa shape index (κ3) is 3.28. The van der Waals surface area contributed by atoms with Crippen molar-refractivity contribution in [2.24, 2.45) is 13.0 Å². The molecule has 2 aromatic heterocycles. The average molecular weight is 335 g/mol. The number of carbonyl (C=O) groups is 1. The van der Waals surface area contributed by atoms with E-state index in [-0.39, 0.29) is 18.6 Å². The van der Waals surface area contributed by atoms with Crippen molar-refractivity contribution in [3.05, 3.63) is 16.6 Å². The van der Waals surface area contributed by atoms with Crippen LogP contribution in [0.2, 0.25) is 0 Å². The molecule has 0 aromatic carbocycles. The number of aromatic nitrogens is 2. The van der Waals surface area contributed by atoms with Gasteiger partial charge in [0.2, 0.25) is 0 Å². The second-order valence-electron chi connectivity index (χ2n) is 6.87. The number of nitrogens with one attached hydrogen (secondary N) is 1. The highest BCUT2D eigenvalue weighted by Gasteiger charge is 2.24. The Kier molecular flexibility index (Phi) is 4.73. The summed E-state index contributed by atoms with van der Waals surface area (Å²) in [6.45, 7) is 4.51. The Labute approximate surface area is 140 Å². The van der Waals surface area contributed by atoms with Gasteiger partial charge in [-0.2, -0.15) is 5.10 Å². The van der Waals surface area contributed by atoms with E-state index in [1.807, 2.05) is 17.8 Å². The molecule has 0 saturated heterocycles. The normalized spacial score (nSPS) is 22.0. The number of aliphatic hydroxyl groups excluding tert-OH is 1. The van der Waals surface area contributed by atoms with Gasteiger partial charge in [-0.05, 0) is 43.6 Å². The monoisotopic (exact) mass is 335 g/mol. The van der Waals surface area contributed by atoms with Crippen molar-refractivity contribution >= 4 is 27.5 Å². The van der Waals surface area contributed by atoms with Gasteiger partial charge in [0.15, 0.2) is 0 Å². The fourth-order valence-electron chi connectivity index (χ4n) is 3.35. The minimum absolute atomic E-state index is 0.0216. The third-order valence-electron chi connectivity index (χ3n) is 4.75.